The maximum Gasteiger partial charge on any atom is 0.131 e. The van der Waals surface area contributed by atoms with Gasteiger partial charge in [0.25, 0.3) is 0 Å². The number of nitrogens with one attached hydrogen (secondary N) is 2. The van der Waals surface area contributed by atoms with Crippen LogP contribution < -0.4 is 10.6 Å². The lowest BCUT2D eigenvalue weighted by atomic mass is 10.2. The van der Waals surface area contributed by atoms with Crippen molar-refractivity contribution >= 4 is 11.6 Å². The third-order valence-electron chi connectivity index (χ3n) is 2.45. The average molecular weight is 251 g/mol. The van der Waals surface area contributed by atoms with Crippen molar-refractivity contribution in [3.63, 3.8) is 0 Å². The first-order chi connectivity index (χ1) is 8.58. The highest BCUT2D eigenvalue weighted by atomic mass is 15.1. The summed E-state index contributed by atoms with van der Waals surface area (Å²) in [6.45, 7) is 7.29. The molecule has 18 heavy (non-hydrogen) atoms. The van der Waals surface area contributed by atoms with Crippen LogP contribution in [0.3, 0.4) is 0 Å². The van der Waals surface area contributed by atoms with Crippen molar-refractivity contribution in [1.82, 2.24) is 14.9 Å². The van der Waals surface area contributed by atoms with E-state index in [-0.39, 0.29) is 0 Å². The minimum absolute atomic E-state index is 0.608. The summed E-state index contributed by atoms with van der Waals surface area (Å²) in [6, 6.07) is 1.96. The third-order valence-corrected chi connectivity index (χ3v) is 2.45. The van der Waals surface area contributed by atoms with Crippen LogP contribution in [0.2, 0.25) is 0 Å². The van der Waals surface area contributed by atoms with Gasteiger partial charge in [-0.05, 0) is 33.0 Å². The zero-order chi connectivity index (χ0) is 13.4. The second kappa shape index (κ2) is 7.87. The standard InChI is InChI=1S/C13H25N5/c1-11(2)9-15-13-8-12(16-10-17-13)14-6-5-7-18(3)4/h8,10-11H,5-7,9H2,1-4H3,(H2,14,15,16,17). The number of hydrogen-bond donors (Lipinski definition) is 2. The molecule has 0 saturated carbocycles. The molecule has 5 heteroatoms. The van der Waals surface area contributed by atoms with Crippen LogP contribution in [-0.2, 0) is 0 Å². The molecule has 0 spiro atoms. The topological polar surface area (TPSA) is 53.1 Å². The van der Waals surface area contributed by atoms with E-state index in [1.54, 1.807) is 6.33 Å². The summed E-state index contributed by atoms with van der Waals surface area (Å²) in [4.78, 5) is 10.6. The molecule has 0 aromatic carbocycles. The molecule has 0 bridgehead atoms. The number of rotatable bonds is 8. The summed E-state index contributed by atoms with van der Waals surface area (Å²) < 4.78 is 0. The van der Waals surface area contributed by atoms with Crippen LogP contribution >= 0.6 is 0 Å². The van der Waals surface area contributed by atoms with Crippen LogP contribution in [0.5, 0.6) is 0 Å². The largest absolute Gasteiger partial charge is 0.370 e. The van der Waals surface area contributed by atoms with Crippen LogP contribution in [-0.4, -0.2) is 48.6 Å². The highest BCUT2D eigenvalue weighted by Crippen LogP contribution is 2.09. The van der Waals surface area contributed by atoms with Crippen molar-refractivity contribution in [3.05, 3.63) is 12.4 Å². The lowest BCUT2D eigenvalue weighted by Gasteiger charge is -2.11. The highest BCUT2D eigenvalue weighted by Gasteiger charge is 1.99. The van der Waals surface area contributed by atoms with Crippen LogP contribution in [0.4, 0.5) is 11.6 Å². The Hall–Kier alpha value is -1.36. The smallest absolute Gasteiger partial charge is 0.131 e. The van der Waals surface area contributed by atoms with Gasteiger partial charge in [-0.15, -0.1) is 0 Å². The Morgan fingerprint density at radius 1 is 1.17 bits per heavy atom. The predicted octanol–water partition coefficient (Wildman–Crippen LogP) is 1.91. The van der Waals surface area contributed by atoms with Crippen LogP contribution in [0.15, 0.2) is 12.4 Å². The SMILES string of the molecule is CC(C)CNc1cc(NCCCN(C)C)ncn1. The molecular weight excluding hydrogens is 226 g/mol. The Labute approximate surface area is 110 Å². The van der Waals surface area contributed by atoms with Crippen molar-refractivity contribution < 1.29 is 0 Å². The predicted molar refractivity (Wildman–Crippen MR) is 77.0 cm³/mol. The molecular formula is C13H25N5. The minimum Gasteiger partial charge on any atom is -0.370 e. The molecule has 1 heterocycles. The normalized spacial score (nSPS) is 11.0. The maximum absolute atomic E-state index is 4.21. The first-order valence-electron chi connectivity index (χ1n) is 6.52. The van der Waals surface area contributed by atoms with Crippen LogP contribution in [0.1, 0.15) is 20.3 Å². The van der Waals surface area contributed by atoms with Gasteiger partial charge in [0.1, 0.15) is 18.0 Å². The Morgan fingerprint density at radius 2 is 1.83 bits per heavy atom. The Bertz CT molecular complexity index is 338. The van der Waals surface area contributed by atoms with E-state index in [2.05, 4.69) is 53.4 Å². The Balaban J connectivity index is 2.34. The van der Waals surface area contributed by atoms with E-state index < -0.39 is 0 Å². The molecule has 0 atom stereocenters. The van der Waals surface area contributed by atoms with Gasteiger partial charge in [0, 0.05) is 19.2 Å². The second-order valence-corrected chi connectivity index (χ2v) is 5.15. The van der Waals surface area contributed by atoms with Crippen LogP contribution in [0, 0.1) is 5.92 Å². The van der Waals surface area contributed by atoms with Gasteiger partial charge in [-0.25, -0.2) is 9.97 Å². The van der Waals surface area contributed by atoms with E-state index in [1.807, 2.05) is 6.07 Å². The minimum atomic E-state index is 0.608. The molecule has 2 N–H and O–H groups in total. The zero-order valence-corrected chi connectivity index (χ0v) is 11.9. The lowest BCUT2D eigenvalue weighted by molar-refractivity contribution is 0.405. The fraction of sp³-hybridized carbons (Fsp3) is 0.692. The monoisotopic (exact) mass is 251 g/mol. The van der Waals surface area contributed by atoms with Gasteiger partial charge in [0.15, 0.2) is 0 Å². The maximum atomic E-state index is 4.21. The molecule has 0 unspecified atom stereocenters. The fourth-order valence-electron chi connectivity index (χ4n) is 1.47. The first-order valence-corrected chi connectivity index (χ1v) is 6.52. The molecule has 5 nitrogen and oxygen atoms in total. The Kier molecular flexibility index (Phi) is 6.43. The summed E-state index contributed by atoms with van der Waals surface area (Å²) in [5.74, 6) is 2.38. The number of anilines is 2. The van der Waals surface area contributed by atoms with E-state index in [9.17, 15) is 0 Å². The number of hydrogen-bond acceptors (Lipinski definition) is 5. The summed E-state index contributed by atoms with van der Waals surface area (Å²) in [5, 5.41) is 6.60. The third kappa shape index (κ3) is 6.39. The van der Waals surface area contributed by atoms with Gasteiger partial charge in [0.2, 0.25) is 0 Å². The highest BCUT2D eigenvalue weighted by molar-refractivity contribution is 5.46. The lowest BCUT2D eigenvalue weighted by Crippen LogP contribution is -2.16. The molecule has 1 aromatic heterocycles. The van der Waals surface area contributed by atoms with Gasteiger partial charge in [-0.3, -0.25) is 0 Å². The molecule has 0 amide bonds. The quantitative estimate of drug-likeness (QED) is 0.691. The van der Waals surface area contributed by atoms with E-state index in [0.717, 1.165) is 37.7 Å². The zero-order valence-electron chi connectivity index (χ0n) is 11.9. The van der Waals surface area contributed by atoms with Gasteiger partial charge in [0.05, 0.1) is 0 Å². The number of aromatic nitrogens is 2. The molecule has 102 valence electrons. The molecule has 1 rings (SSSR count). The van der Waals surface area contributed by atoms with E-state index >= 15 is 0 Å². The van der Waals surface area contributed by atoms with E-state index in [0.29, 0.717) is 5.92 Å². The second-order valence-electron chi connectivity index (χ2n) is 5.15. The van der Waals surface area contributed by atoms with Crippen molar-refractivity contribution in [2.24, 2.45) is 5.92 Å². The van der Waals surface area contributed by atoms with Crippen molar-refractivity contribution in [2.75, 3.05) is 44.4 Å². The van der Waals surface area contributed by atoms with Gasteiger partial charge in [-0.2, -0.15) is 0 Å². The summed E-state index contributed by atoms with van der Waals surface area (Å²) in [5.41, 5.74) is 0. The van der Waals surface area contributed by atoms with E-state index in [1.165, 1.54) is 0 Å². The van der Waals surface area contributed by atoms with Gasteiger partial charge < -0.3 is 15.5 Å². The van der Waals surface area contributed by atoms with Crippen molar-refractivity contribution in [3.8, 4) is 0 Å². The summed E-state index contributed by atoms with van der Waals surface area (Å²) >= 11 is 0. The van der Waals surface area contributed by atoms with Gasteiger partial charge in [-0.1, -0.05) is 13.8 Å². The molecule has 0 radical (unpaired) electrons. The molecule has 0 aliphatic rings. The summed E-state index contributed by atoms with van der Waals surface area (Å²) in [6.07, 6.45) is 2.70. The molecule has 1 aromatic rings. The average Bonchev–Trinajstić information content (AvgIpc) is 2.32. The Morgan fingerprint density at radius 3 is 2.44 bits per heavy atom. The van der Waals surface area contributed by atoms with Crippen molar-refractivity contribution in [1.29, 1.82) is 0 Å². The molecule has 0 saturated heterocycles. The molecule has 0 fully saturated rings. The van der Waals surface area contributed by atoms with Gasteiger partial charge >= 0.3 is 0 Å². The fourth-order valence-corrected chi connectivity index (χ4v) is 1.47. The molecule has 0 aliphatic carbocycles. The number of nitrogens with zero attached hydrogens (tertiary/aromatic N) is 3. The molecule has 0 aliphatic heterocycles. The first kappa shape index (κ1) is 14.7. The summed E-state index contributed by atoms with van der Waals surface area (Å²) in [7, 11) is 4.16. The van der Waals surface area contributed by atoms with Crippen molar-refractivity contribution in [2.45, 2.75) is 20.3 Å². The van der Waals surface area contributed by atoms with E-state index in [4.69, 9.17) is 0 Å². The van der Waals surface area contributed by atoms with Crippen LogP contribution in [0.25, 0.3) is 0 Å².